The van der Waals surface area contributed by atoms with Crippen molar-refractivity contribution in [3.8, 4) is 44.6 Å². The Morgan fingerprint density at radius 2 is 0.828 bits per heavy atom. The van der Waals surface area contributed by atoms with E-state index in [9.17, 15) is 0 Å². The van der Waals surface area contributed by atoms with Gasteiger partial charge in [-0.15, -0.1) is 11.3 Å². The normalized spacial score (nSPS) is 12.1. The molecule has 14 rings (SSSR count). The van der Waals surface area contributed by atoms with Crippen molar-refractivity contribution in [2.75, 3.05) is 0 Å². The van der Waals surface area contributed by atoms with Gasteiger partial charge in [-0.1, -0.05) is 194 Å². The Hall–Kier alpha value is -8.11. The number of rotatable bonds is 4. The molecule has 0 unspecified atom stereocenters. The van der Waals surface area contributed by atoms with Gasteiger partial charge < -0.3 is 0 Å². The molecule has 0 fully saturated rings. The first-order valence-corrected chi connectivity index (χ1v) is 22.8. The lowest BCUT2D eigenvalue weighted by atomic mass is 9.90. The predicted molar refractivity (Wildman–Crippen MR) is 275 cm³/mol. The van der Waals surface area contributed by atoms with Crippen LogP contribution in [0.2, 0.25) is 0 Å². The van der Waals surface area contributed by atoms with Gasteiger partial charge in [-0.3, -0.25) is 4.40 Å². The summed E-state index contributed by atoms with van der Waals surface area (Å²) in [5, 5.41) is 15.2. The van der Waals surface area contributed by atoms with Crippen LogP contribution in [0, 0.1) is 0 Å². The second-order valence-electron chi connectivity index (χ2n) is 17.0. The molecule has 0 bridgehead atoms. The fourth-order valence-electron chi connectivity index (χ4n) is 10.5. The van der Waals surface area contributed by atoms with Gasteiger partial charge in [0.2, 0.25) is 0 Å². The highest BCUT2D eigenvalue weighted by Gasteiger charge is 2.19. The fourth-order valence-corrected chi connectivity index (χ4v) is 11.7. The van der Waals surface area contributed by atoms with Crippen LogP contribution in [0.5, 0.6) is 0 Å². The minimum Gasteiger partial charge on any atom is -0.291 e. The van der Waals surface area contributed by atoms with Gasteiger partial charge in [0.15, 0.2) is 5.65 Å². The quantitative estimate of drug-likeness (QED) is 0.162. The molecule has 3 heterocycles. The van der Waals surface area contributed by atoms with Crippen LogP contribution in [-0.4, -0.2) is 9.38 Å². The van der Waals surface area contributed by atoms with Crippen LogP contribution in [0.4, 0.5) is 0 Å². The molecule has 64 heavy (non-hydrogen) atoms. The summed E-state index contributed by atoms with van der Waals surface area (Å²) >= 11 is 1.83. The first-order valence-electron chi connectivity index (χ1n) is 21.9. The van der Waals surface area contributed by atoms with E-state index in [1.807, 2.05) is 11.3 Å². The van der Waals surface area contributed by atoms with E-state index < -0.39 is 0 Å². The van der Waals surface area contributed by atoms with Crippen molar-refractivity contribution in [3.63, 3.8) is 0 Å². The molecule has 3 aromatic heterocycles. The number of pyridine rings is 1. The van der Waals surface area contributed by atoms with Crippen LogP contribution in [0.25, 0.3) is 135 Å². The first-order chi connectivity index (χ1) is 31.7. The van der Waals surface area contributed by atoms with Crippen molar-refractivity contribution in [1.29, 1.82) is 0 Å². The van der Waals surface area contributed by atoms with Gasteiger partial charge in [-0.2, -0.15) is 0 Å². The third kappa shape index (κ3) is 5.22. The van der Waals surface area contributed by atoms with E-state index in [0.29, 0.717) is 0 Å². The topological polar surface area (TPSA) is 17.3 Å². The smallest absolute Gasteiger partial charge is 0.156 e. The number of aromatic nitrogens is 2. The summed E-state index contributed by atoms with van der Waals surface area (Å²) in [6, 6.07) is 80.4. The molecule has 0 spiro atoms. The summed E-state index contributed by atoms with van der Waals surface area (Å²) < 4.78 is 4.88. The molecule has 0 saturated carbocycles. The first kappa shape index (κ1) is 35.5. The highest BCUT2D eigenvalue weighted by molar-refractivity contribution is 7.26. The lowest BCUT2D eigenvalue weighted by Crippen LogP contribution is -1.93. The van der Waals surface area contributed by atoms with E-state index in [2.05, 4.69) is 223 Å². The highest BCUT2D eigenvalue weighted by Crippen LogP contribution is 2.43. The molecule has 11 aromatic carbocycles. The number of nitrogens with zero attached hydrogens (tertiary/aromatic N) is 2. The zero-order chi connectivity index (χ0) is 41.9. The fraction of sp³-hybridized carbons (Fsp3) is 0. The van der Waals surface area contributed by atoms with Gasteiger partial charge in [0, 0.05) is 20.9 Å². The molecule has 0 atom stereocenters. The van der Waals surface area contributed by atoms with Gasteiger partial charge in [0.1, 0.15) is 0 Å². The molecular formula is C61H36N2S. The lowest BCUT2D eigenvalue weighted by molar-refractivity contribution is 1.25. The summed E-state index contributed by atoms with van der Waals surface area (Å²) in [4.78, 5) is 5.41. The highest BCUT2D eigenvalue weighted by atomic mass is 32.1. The minimum atomic E-state index is 1.01. The molecule has 3 heteroatoms. The van der Waals surface area contributed by atoms with Crippen LogP contribution >= 0.6 is 11.3 Å². The van der Waals surface area contributed by atoms with Crippen molar-refractivity contribution < 1.29 is 0 Å². The van der Waals surface area contributed by atoms with Crippen LogP contribution in [-0.2, 0) is 0 Å². The second-order valence-corrected chi connectivity index (χ2v) is 18.1. The molecule has 296 valence electrons. The molecule has 0 aliphatic carbocycles. The number of imidazole rings is 1. The Bertz CT molecular complexity index is 4200. The van der Waals surface area contributed by atoms with Crippen molar-refractivity contribution in [2.45, 2.75) is 0 Å². The zero-order valence-corrected chi connectivity index (χ0v) is 35.4. The van der Waals surface area contributed by atoms with Gasteiger partial charge in [-0.05, 0) is 112 Å². The summed E-state index contributed by atoms with van der Waals surface area (Å²) in [5.41, 5.74) is 12.8. The molecule has 0 N–H and O–H groups in total. The van der Waals surface area contributed by atoms with E-state index in [0.717, 1.165) is 27.9 Å². The maximum absolute atomic E-state index is 5.41. The third-order valence-electron chi connectivity index (χ3n) is 13.6. The van der Waals surface area contributed by atoms with Gasteiger partial charge in [0.25, 0.3) is 0 Å². The van der Waals surface area contributed by atoms with E-state index >= 15 is 0 Å². The van der Waals surface area contributed by atoms with Gasteiger partial charge >= 0.3 is 0 Å². The van der Waals surface area contributed by atoms with E-state index in [4.69, 9.17) is 4.98 Å². The SMILES string of the molecule is c1ccc2c(c1)ccc1c2nc2c3sc4ccccc4c3cc(-c3ccc(-c4ccc(-c5ccc(-c6ccc7c8ccccc8c8ccccc8c7c6)cc5)c5ccccc45)cc3)n12. The molecular weight excluding hydrogens is 793 g/mol. The maximum atomic E-state index is 5.41. The van der Waals surface area contributed by atoms with Crippen LogP contribution < -0.4 is 0 Å². The summed E-state index contributed by atoms with van der Waals surface area (Å²) in [5.74, 6) is 0. The largest absolute Gasteiger partial charge is 0.291 e. The zero-order valence-electron chi connectivity index (χ0n) is 34.6. The molecule has 0 radical (unpaired) electrons. The average molecular weight is 829 g/mol. The Kier molecular flexibility index (Phi) is 7.59. The van der Waals surface area contributed by atoms with Crippen LogP contribution in [0.15, 0.2) is 218 Å². The molecule has 2 nitrogen and oxygen atoms in total. The molecule has 0 aliphatic rings. The van der Waals surface area contributed by atoms with Crippen LogP contribution in [0.1, 0.15) is 0 Å². The standard InChI is InChI=1S/C61H36N2S/c1-2-12-45-38(11-1)30-34-56-59(45)62-61-60-55(53-19-9-10-20-58(53)64-60)36-57(63(56)61)41-27-25-40(26-28-41)44-33-32-43(46-13-3-4-14-47(44)46)39-23-21-37(22-24-39)42-29-31-52-50-17-6-5-15-48(50)49-16-7-8-18-51(49)54(52)35-42/h1-36H. The number of hydrogen-bond donors (Lipinski definition) is 0. The number of benzene rings is 11. The second kappa shape index (κ2) is 13.7. The van der Waals surface area contributed by atoms with Crippen molar-refractivity contribution >= 4 is 102 Å². The van der Waals surface area contributed by atoms with Gasteiger partial charge in [-0.25, -0.2) is 4.98 Å². The molecule has 0 amide bonds. The Labute approximate surface area is 372 Å². The summed E-state index contributed by atoms with van der Waals surface area (Å²) in [6.45, 7) is 0. The van der Waals surface area contributed by atoms with E-state index in [1.165, 1.54) is 107 Å². The maximum Gasteiger partial charge on any atom is 0.156 e. The van der Waals surface area contributed by atoms with E-state index in [-0.39, 0.29) is 0 Å². The Morgan fingerprint density at radius 3 is 1.48 bits per heavy atom. The number of thiophene rings is 1. The van der Waals surface area contributed by atoms with Crippen molar-refractivity contribution in [1.82, 2.24) is 9.38 Å². The summed E-state index contributed by atoms with van der Waals surface area (Å²) in [6.07, 6.45) is 0. The minimum absolute atomic E-state index is 1.01. The lowest BCUT2D eigenvalue weighted by Gasteiger charge is -2.14. The van der Waals surface area contributed by atoms with E-state index in [1.54, 1.807) is 0 Å². The van der Waals surface area contributed by atoms with Gasteiger partial charge in [0.05, 0.1) is 21.4 Å². The molecule has 0 aliphatic heterocycles. The average Bonchev–Trinajstić information content (AvgIpc) is 3.95. The number of fused-ring (bicyclic) bond motifs is 16. The predicted octanol–water partition coefficient (Wildman–Crippen LogP) is 17.3. The number of hydrogen-bond acceptors (Lipinski definition) is 2. The monoisotopic (exact) mass is 828 g/mol. The third-order valence-corrected chi connectivity index (χ3v) is 14.8. The Morgan fingerprint density at radius 1 is 0.328 bits per heavy atom. The van der Waals surface area contributed by atoms with Crippen molar-refractivity contribution in [3.05, 3.63) is 218 Å². The van der Waals surface area contributed by atoms with Crippen LogP contribution in [0.3, 0.4) is 0 Å². The molecule has 0 saturated heterocycles. The summed E-state index contributed by atoms with van der Waals surface area (Å²) in [7, 11) is 0. The Balaban J connectivity index is 0.852. The molecule has 14 aromatic rings. The van der Waals surface area contributed by atoms with Crippen molar-refractivity contribution in [2.24, 2.45) is 0 Å².